The summed E-state index contributed by atoms with van der Waals surface area (Å²) in [6.07, 6.45) is -1.48. The van der Waals surface area contributed by atoms with E-state index in [1.165, 1.54) is 6.07 Å². The third-order valence-electron chi connectivity index (χ3n) is 4.11. The first-order valence-electron chi connectivity index (χ1n) is 8.06. The molecule has 128 valence electrons. The van der Waals surface area contributed by atoms with Gasteiger partial charge in [0.2, 0.25) is 5.91 Å². The molecule has 1 aliphatic heterocycles. The largest absolute Gasteiger partial charge is 0.416 e. The van der Waals surface area contributed by atoms with Crippen LogP contribution >= 0.6 is 0 Å². The summed E-state index contributed by atoms with van der Waals surface area (Å²) >= 11 is 0. The van der Waals surface area contributed by atoms with Crippen molar-refractivity contribution in [3.8, 4) is 0 Å². The summed E-state index contributed by atoms with van der Waals surface area (Å²) in [7, 11) is 0. The Morgan fingerprint density at radius 3 is 2.61 bits per heavy atom. The highest BCUT2D eigenvalue weighted by molar-refractivity contribution is 5.78. The lowest BCUT2D eigenvalue weighted by atomic mass is 10.0. The number of nitrogens with zero attached hydrogens (tertiary/aromatic N) is 1. The van der Waals surface area contributed by atoms with Crippen molar-refractivity contribution >= 4 is 5.91 Å². The van der Waals surface area contributed by atoms with Crippen LogP contribution in [0.1, 0.15) is 37.3 Å². The molecule has 1 aromatic rings. The Bertz CT molecular complexity index is 523. The van der Waals surface area contributed by atoms with Gasteiger partial charge in [0.1, 0.15) is 0 Å². The number of nitrogens with one attached hydrogen (secondary N) is 1. The number of alkyl halides is 3. The van der Waals surface area contributed by atoms with Gasteiger partial charge in [-0.15, -0.1) is 0 Å². The van der Waals surface area contributed by atoms with E-state index in [0.29, 0.717) is 5.56 Å². The number of hydrogen-bond donors (Lipinski definition) is 1. The second-order valence-electron chi connectivity index (χ2n) is 6.06. The molecule has 1 fully saturated rings. The van der Waals surface area contributed by atoms with Gasteiger partial charge in [-0.3, -0.25) is 4.79 Å². The molecule has 0 spiro atoms. The molecule has 1 amide bonds. The fourth-order valence-corrected chi connectivity index (χ4v) is 2.94. The van der Waals surface area contributed by atoms with Crippen LogP contribution in [0.25, 0.3) is 0 Å². The molecular weight excluding hydrogens is 305 g/mol. The smallest absolute Gasteiger partial charge is 0.353 e. The minimum absolute atomic E-state index is 0.0148. The molecule has 0 saturated carbocycles. The van der Waals surface area contributed by atoms with Crippen molar-refractivity contribution < 1.29 is 18.0 Å². The number of amides is 1. The van der Waals surface area contributed by atoms with Crippen LogP contribution in [-0.2, 0) is 17.4 Å². The Kier molecular flexibility index (Phi) is 6.04. The Morgan fingerprint density at radius 1 is 1.30 bits per heavy atom. The first-order chi connectivity index (χ1) is 10.9. The van der Waals surface area contributed by atoms with Crippen molar-refractivity contribution in [2.75, 3.05) is 19.6 Å². The summed E-state index contributed by atoms with van der Waals surface area (Å²) in [5.74, 6) is -0.210. The van der Waals surface area contributed by atoms with E-state index in [1.54, 1.807) is 6.07 Å². The number of benzene rings is 1. The van der Waals surface area contributed by atoms with E-state index in [2.05, 4.69) is 17.1 Å². The molecule has 1 aromatic carbocycles. The lowest BCUT2D eigenvalue weighted by molar-refractivity contribution is -0.137. The number of halogens is 3. The predicted molar refractivity (Wildman–Crippen MR) is 83.0 cm³/mol. The van der Waals surface area contributed by atoms with Crippen LogP contribution in [0.4, 0.5) is 13.2 Å². The summed E-state index contributed by atoms with van der Waals surface area (Å²) in [5, 5.41) is 2.94. The lowest BCUT2D eigenvalue weighted by Gasteiger charge is -2.32. The summed E-state index contributed by atoms with van der Waals surface area (Å²) in [5.41, 5.74) is -0.323. The van der Waals surface area contributed by atoms with Gasteiger partial charge in [0.05, 0.1) is 12.0 Å². The minimum atomic E-state index is -4.38. The van der Waals surface area contributed by atoms with Gasteiger partial charge >= 0.3 is 6.18 Å². The van der Waals surface area contributed by atoms with Crippen LogP contribution in [0.3, 0.4) is 0 Å². The molecule has 1 aliphatic rings. The number of likely N-dealkylation sites (tertiary alicyclic amines) is 1. The van der Waals surface area contributed by atoms with E-state index >= 15 is 0 Å². The summed E-state index contributed by atoms with van der Waals surface area (Å²) in [4.78, 5) is 14.4. The average molecular weight is 328 g/mol. The van der Waals surface area contributed by atoms with Gasteiger partial charge in [0.25, 0.3) is 0 Å². The van der Waals surface area contributed by atoms with E-state index < -0.39 is 11.7 Å². The van der Waals surface area contributed by atoms with Gasteiger partial charge in [0.15, 0.2) is 0 Å². The SMILES string of the molecule is CCCN1CCC(NC(=O)Cc2cccc(C(F)(F)F)c2)CC1. The quantitative estimate of drug-likeness (QED) is 0.900. The third-order valence-corrected chi connectivity index (χ3v) is 4.11. The monoisotopic (exact) mass is 328 g/mol. The lowest BCUT2D eigenvalue weighted by Crippen LogP contribution is -2.45. The maximum absolute atomic E-state index is 12.7. The predicted octanol–water partition coefficient (Wildman–Crippen LogP) is 3.24. The van der Waals surface area contributed by atoms with E-state index in [0.717, 1.165) is 51.0 Å². The molecule has 1 saturated heterocycles. The van der Waals surface area contributed by atoms with E-state index in [4.69, 9.17) is 0 Å². The standard InChI is InChI=1S/C17H23F3N2O/c1-2-8-22-9-6-15(7-10-22)21-16(23)12-13-4-3-5-14(11-13)17(18,19)20/h3-5,11,15H,2,6-10,12H2,1H3,(H,21,23). The van der Waals surface area contributed by atoms with Crippen LogP contribution in [-0.4, -0.2) is 36.5 Å². The van der Waals surface area contributed by atoms with Crippen LogP contribution in [0.2, 0.25) is 0 Å². The molecule has 0 aliphatic carbocycles. The number of rotatable bonds is 5. The molecule has 23 heavy (non-hydrogen) atoms. The van der Waals surface area contributed by atoms with E-state index in [1.807, 2.05) is 0 Å². The molecule has 1 N–H and O–H groups in total. The Labute approximate surface area is 134 Å². The molecule has 2 rings (SSSR count). The van der Waals surface area contributed by atoms with Gasteiger partial charge in [-0.1, -0.05) is 25.1 Å². The van der Waals surface area contributed by atoms with Crippen LogP contribution in [0, 0.1) is 0 Å². The zero-order valence-corrected chi connectivity index (χ0v) is 13.3. The Hall–Kier alpha value is -1.56. The average Bonchev–Trinajstić information content (AvgIpc) is 2.49. The summed E-state index contributed by atoms with van der Waals surface area (Å²) in [6.45, 7) is 5.14. The zero-order chi connectivity index (χ0) is 16.9. The van der Waals surface area contributed by atoms with Crippen molar-refractivity contribution in [1.29, 1.82) is 0 Å². The van der Waals surface area contributed by atoms with Gasteiger partial charge in [-0.2, -0.15) is 13.2 Å². The van der Waals surface area contributed by atoms with Crippen molar-refractivity contribution in [1.82, 2.24) is 10.2 Å². The first kappa shape index (κ1) is 17.8. The van der Waals surface area contributed by atoms with Crippen LogP contribution in [0.15, 0.2) is 24.3 Å². The first-order valence-corrected chi connectivity index (χ1v) is 8.06. The van der Waals surface area contributed by atoms with Crippen molar-refractivity contribution in [3.05, 3.63) is 35.4 Å². The number of piperidine rings is 1. The maximum atomic E-state index is 12.7. The van der Waals surface area contributed by atoms with Gasteiger partial charge in [-0.05, 0) is 37.4 Å². The molecule has 3 nitrogen and oxygen atoms in total. The highest BCUT2D eigenvalue weighted by Crippen LogP contribution is 2.29. The van der Waals surface area contributed by atoms with Crippen LogP contribution in [0.5, 0.6) is 0 Å². The summed E-state index contributed by atoms with van der Waals surface area (Å²) in [6, 6.07) is 5.09. The Balaban J connectivity index is 1.84. The Morgan fingerprint density at radius 2 is 2.00 bits per heavy atom. The van der Waals surface area contributed by atoms with Gasteiger partial charge in [0, 0.05) is 19.1 Å². The third kappa shape index (κ3) is 5.53. The molecule has 0 unspecified atom stereocenters. The zero-order valence-electron chi connectivity index (χ0n) is 13.3. The highest BCUT2D eigenvalue weighted by atomic mass is 19.4. The summed E-state index contributed by atoms with van der Waals surface area (Å²) < 4.78 is 38.0. The molecular formula is C17H23F3N2O. The van der Waals surface area contributed by atoms with Crippen LogP contribution < -0.4 is 5.32 Å². The van der Waals surface area contributed by atoms with Crippen molar-refractivity contribution in [3.63, 3.8) is 0 Å². The second-order valence-corrected chi connectivity index (χ2v) is 6.06. The fraction of sp³-hybridized carbons (Fsp3) is 0.588. The van der Waals surface area contributed by atoms with E-state index in [9.17, 15) is 18.0 Å². The number of hydrogen-bond acceptors (Lipinski definition) is 2. The molecule has 0 radical (unpaired) electrons. The highest BCUT2D eigenvalue weighted by Gasteiger charge is 2.30. The molecule has 0 bridgehead atoms. The molecule has 6 heteroatoms. The molecule has 0 aromatic heterocycles. The number of carbonyl (C=O) groups is 1. The minimum Gasteiger partial charge on any atom is -0.353 e. The normalized spacial score (nSPS) is 17.2. The maximum Gasteiger partial charge on any atom is 0.416 e. The topological polar surface area (TPSA) is 32.3 Å². The number of carbonyl (C=O) groups excluding carboxylic acids is 1. The second kappa shape index (κ2) is 7.81. The molecule has 1 heterocycles. The van der Waals surface area contributed by atoms with Crippen molar-refractivity contribution in [2.24, 2.45) is 0 Å². The molecule has 0 atom stereocenters. The van der Waals surface area contributed by atoms with Gasteiger partial charge < -0.3 is 10.2 Å². The van der Waals surface area contributed by atoms with Gasteiger partial charge in [-0.25, -0.2) is 0 Å². The fourth-order valence-electron chi connectivity index (χ4n) is 2.94. The van der Waals surface area contributed by atoms with E-state index in [-0.39, 0.29) is 18.4 Å². The van der Waals surface area contributed by atoms with Crippen molar-refractivity contribution in [2.45, 2.75) is 44.8 Å².